The van der Waals surface area contributed by atoms with Crippen molar-refractivity contribution < 1.29 is 8.78 Å². The maximum atomic E-state index is 13.9. The molecule has 1 nitrogen and oxygen atoms in total. The summed E-state index contributed by atoms with van der Waals surface area (Å²) in [4.78, 5) is 0. The minimum absolute atomic E-state index is 0.0476. The molecule has 0 heterocycles. The Bertz CT molecular complexity index is 464. The zero-order valence-corrected chi connectivity index (χ0v) is 10.7. The second-order valence-corrected chi connectivity index (χ2v) is 5.57. The molecule has 0 N–H and O–H groups in total. The van der Waals surface area contributed by atoms with E-state index in [1.54, 1.807) is 26.0 Å². The molecule has 0 bridgehead atoms. The molecular formula is C15H17F2N. The van der Waals surface area contributed by atoms with Crippen LogP contribution < -0.4 is 0 Å². The molecule has 1 saturated carbocycles. The topological polar surface area (TPSA) is 23.8 Å². The molecule has 0 radical (unpaired) electrons. The van der Waals surface area contributed by atoms with Crippen molar-refractivity contribution in [1.29, 1.82) is 5.26 Å². The van der Waals surface area contributed by atoms with Gasteiger partial charge in [0.15, 0.2) is 0 Å². The lowest BCUT2D eigenvalue weighted by Gasteiger charge is -2.19. The average molecular weight is 249 g/mol. The zero-order chi connectivity index (χ0) is 13.4. The number of rotatable bonds is 4. The number of alkyl halides is 2. The van der Waals surface area contributed by atoms with Crippen molar-refractivity contribution in [3.05, 3.63) is 35.4 Å². The highest BCUT2D eigenvalue weighted by molar-refractivity contribution is 5.40. The lowest BCUT2D eigenvalue weighted by molar-refractivity contribution is -0.0249. The van der Waals surface area contributed by atoms with Crippen LogP contribution in [-0.4, -0.2) is 0 Å². The molecular weight excluding hydrogens is 232 g/mol. The lowest BCUT2D eigenvalue weighted by Crippen LogP contribution is -2.16. The van der Waals surface area contributed by atoms with Gasteiger partial charge in [0.1, 0.15) is 0 Å². The fourth-order valence-electron chi connectivity index (χ4n) is 2.25. The quantitative estimate of drug-likeness (QED) is 0.776. The van der Waals surface area contributed by atoms with Crippen molar-refractivity contribution in [2.24, 2.45) is 5.92 Å². The normalized spacial score (nSPS) is 17.6. The molecule has 1 aromatic carbocycles. The van der Waals surface area contributed by atoms with E-state index in [0.29, 0.717) is 0 Å². The summed E-state index contributed by atoms with van der Waals surface area (Å²) in [5, 5.41) is 9.06. The van der Waals surface area contributed by atoms with Crippen molar-refractivity contribution in [2.75, 3.05) is 0 Å². The summed E-state index contributed by atoms with van der Waals surface area (Å²) in [6.45, 7) is 3.58. The Morgan fingerprint density at radius 2 is 1.83 bits per heavy atom. The van der Waals surface area contributed by atoms with E-state index in [0.717, 1.165) is 18.4 Å². The molecule has 2 rings (SSSR count). The fraction of sp³-hybridized carbons (Fsp3) is 0.533. The lowest BCUT2D eigenvalue weighted by atomic mass is 9.93. The summed E-state index contributed by atoms with van der Waals surface area (Å²) in [7, 11) is 0. The Morgan fingerprint density at radius 1 is 1.28 bits per heavy atom. The summed E-state index contributed by atoms with van der Waals surface area (Å²) >= 11 is 0. The second kappa shape index (κ2) is 4.35. The summed E-state index contributed by atoms with van der Waals surface area (Å²) in [5.74, 6) is -2.83. The van der Waals surface area contributed by atoms with Crippen LogP contribution in [0.1, 0.15) is 44.2 Å². The maximum Gasteiger partial charge on any atom is 0.273 e. The van der Waals surface area contributed by atoms with E-state index in [9.17, 15) is 8.78 Å². The summed E-state index contributed by atoms with van der Waals surface area (Å²) in [6.07, 6.45) is 1.53. The molecule has 1 aliphatic rings. The van der Waals surface area contributed by atoms with Gasteiger partial charge in [-0.15, -0.1) is 0 Å². The molecule has 0 unspecified atom stereocenters. The Morgan fingerprint density at radius 3 is 2.22 bits per heavy atom. The minimum atomic E-state index is -2.78. The molecule has 1 aromatic rings. The first kappa shape index (κ1) is 13.0. The predicted molar refractivity (Wildman–Crippen MR) is 66.3 cm³/mol. The van der Waals surface area contributed by atoms with E-state index in [2.05, 4.69) is 6.07 Å². The Kier molecular flexibility index (Phi) is 3.14. The third-order valence-corrected chi connectivity index (χ3v) is 3.49. The first-order valence-electron chi connectivity index (χ1n) is 6.30. The van der Waals surface area contributed by atoms with Crippen LogP contribution in [0.2, 0.25) is 0 Å². The maximum absolute atomic E-state index is 13.9. The summed E-state index contributed by atoms with van der Waals surface area (Å²) in [6, 6.07) is 8.57. The Labute approximate surface area is 106 Å². The largest absolute Gasteiger partial charge is 0.273 e. The van der Waals surface area contributed by atoms with Gasteiger partial charge in [-0.1, -0.05) is 38.1 Å². The minimum Gasteiger partial charge on any atom is -0.201 e. The monoisotopic (exact) mass is 249 g/mol. The first-order chi connectivity index (χ1) is 8.39. The van der Waals surface area contributed by atoms with Crippen LogP contribution in [0.5, 0.6) is 0 Å². The fourth-order valence-corrected chi connectivity index (χ4v) is 2.25. The van der Waals surface area contributed by atoms with Crippen molar-refractivity contribution in [2.45, 2.75) is 44.4 Å². The van der Waals surface area contributed by atoms with Gasteiger partial charge in [-0.05, 0) is 24.3 Å². The Hall–Kier alpha value is -1.43. The van der Waals surface area contributed by atoms with Crippen LogP contribution in [-0.2, 0) is 11.3 Å². The van der Waals surface area contributed by atoms with Gasteiger partial charge in [0.05, 0.1) is 11.5 Å². The van der Waals surface area contributed by atoms with Crippen LogP contribution in [0.15, 0.2) is 24.3 Å². The molecule has 3 heteroatoms. The number of halogens is 2. The van der Waals surface area contributed by atoms with E-state index < -0.39 is 11.3 Å². The molecule has 0 saturated heterocycles. The van der Waals surface area contributed by atoms with Crippen LogP contribution in [0.25, 0.3) is 0 Å². The third-order valence-electron chi connectivity index (χ3n) is 3.49. The van der Waals surface area contributed by atoms with Gasteiger partial charge in [-0.3, -0.25) is 0 Å². The van der Waals surface area contributed by atoms with E-state index in [-0.39, 0.29) is 17.9 Å². The highest BCUT2D eigenvalue weighted by Gasteiger charge is 2.45. The van der Waals surface area contributed by atoms with Crippen LogP contribution >= 0.6 is 0 Å². The van der Waals surface area contributed by atoms with E-state index in [4.69, 9.17) is 5.26 Å². The molecule has 18 heavy (non-hydrogen) atoms. The summed E-state index contributed by atoms with van der Waals surface area (Å²) in [5.41, 5.74) is 0.522. The van der Waals surface area contributed by atoms with Gasteiger partial charge < -0.3 is 0 Å². The smallest absolute Gasteiger partial charge is 0.201 e. The summed E-state index contributed by atoms with van der Waals surface area (Å²) < 4.78 is 27.7. The SMILES string of the molecule is CC(C)CC(F)(F)c1ccc(C2(C#N)CC2)cc1. The molecule has 0 amide bonds. The van der Waals surface area contributed by atoms with Crippen LogP contribution in [0.4, 0.5) is 8.78 Å². The number of hydrogen-bond acceptors (Lipinski definition) is 1. The van der Waals surface area contributed by atoms with Crippen LogP contribution in [0, 0.1) is 17.2 Å². The third kappa shape index (κ3) is 2.38. The van der Waals surface area contributed by atoms with E-state index in [1.807, 2.05) is 0 Å². The van der Waals surface area contributed by atoms with Crippen molar-refractivity contribution in [3.8, 4) is 6.07 Å². The number of nitrogens with zero attached hydrogens (tertiary/aromatic N) is 1. The van der Waals surface area contributed by atoms with Gasteiger partial charge in [-0.2, -0.15) is 5.26 Å². The van der Waals surface area contributed by atoms with E-state index in [1.165, 1.54) is 12.1 Å². The van der Waals surface area contributed by atoms with Gasteiger partial charge in [0, 0.05) is 12.0 Å². The number of benzene rings is 1. The highest BCUT2D eigenvalue weighted by atomic mass is 19.3. The molecule has 1 aliphatic carbocycles. The Balaban J connectivity index is 2.20. The molecule has 0 spiro atoms. The second-order valence-electron chi connectivity index (χ2n) is 5.57. The van der Waals surface area contributed by atoms with Crippen molar-refractivity contribution >= 4 is 0 Å². The van der Waals surface area contributed by atoms with Gasteiger partial charge in [0.2, 0.25) is 0 Å². The van der Waals surface area contributed by atoms with E-state index >= 15 is 0 Å². The van der Waals surface area contributed by atoms with Crippen LogP contribution in [0.3, 0.4) is 0 Å². The first-order valence-corrected chi connectivity index (χ1v) is 6.30. The molecule has 0 atom stereocenters. The molecule has 96 valence electrons. The number of hydrogen-bond donors (Lipinski definition) is 0. The standard InChI is InChI=1S/C15H17F2N/c1-11(2)9-15(16,17)13-5-3-12(4-6-13)14(10-18)7-8-14/h3-6,11H,7-9H2,1-2H3. The highest BCUT2D eigenvalue weighted by Crippen LogP contribution is 2.48. The zero-order valence-electron chi connectivity index (χ0n) is 10.7. The van der Waals surface area contributed by atoms with Gasteiger partial charge in [-0.25, -0.2) is 8.78 Å². The molecule has 1 fully saturated rings. The van der Waals surface area contributed by atoms with Gasteiger partial charge >= 0.3 is 0 Å². The number of nitriles is 1. The molecule has 0 aliphatic heterocycles. The average Bonchev–Trinajstić information content (AvgIpc) is 3.08. The van der Waals surface area contributed by atoms with Crippen molar-refractivity contribution in [1.82, 2.24) is 0 Å². The van der Waals surface area contributed by atoms with Gasteiger partial charge in [0.25, 0.3) is 5.92 Å². The van der Waals surface area contributed by atoms with Crippen molar-refractivity contribution in [3.63, 3.8) is 0 Å². The predicted octanol–water partition coefficient (Wildman–Crippen LogP) is 4.38. The molecule has 0 aromatic heterocycles.